The number of thioether (sulfide) groups is 1. The highest BCUT2D eigenvalue weighted by Crippen LogP contribution is 2.37. The van der Waals surface area contributed by atoms with E-state index in [2.05, 4.69) is 10.6 Å². The molecule has 1 unspecified atom stereocenters. The van der Waals surface area contributed by atoms with Gasteiger partial charge in [0.2, 0.25) is 21.8 Å². The summed E-state index contributed by atoms with van der Waals surface area (Å²) in [6.07, 6.45) is 0.261. The van der Waals surface area contributed by atoms with E-state index in [1.807, 2.05) is 78.9 Å². The van der Waals surface area contributed by atoms with Crippen molar-refractivity contribution in [1.82, 2.24) is 0 Å². The normalized spacial score (nSPS) is 11.9. The van der Waals surface area contributed by atoms with Gasteiger partial charge in [-0.2, -0.15) is 0 Å². The number of nitrogens with two attached hydrogens (primary N) is 1. The summed E-state index contributed by atoms with van der Waals surface area (Å²) < 4.78 is 23.0. The van der Waals surface area contributed by atoms with Crippen LogP contribution in [0.3, 0.4) is 0 Å². The van der Waals surface area contributed by atoms with Crippen LogP contribution >= 0.6 is 11.8 Å². The average Bonchev–Trinajstić information content (AvgIpc) is 2.88. The number of rotatable bonds is 9. The van der Waals surface area contributed by atoms with Crippen molar-refractivity contribution in [2.75, 3.05) is 10.6 Å². The van der Waals surface area contributed by atoms with E-state index in [0.717, 1.165) is 16.0 Å². The highest BCUT2D eigenvalue weighted by atomic mass is 32.2. The highest BCUT2D eigenvalue weighted by Gasteiger charge is 2.23. The molecule has 4 aromatic carbocycles. The van der Waals surface area contributed by atoms with Crippen molar-refractivity contribution in [2.45, 2.75) is 21.5 Å². The Morgan fingerprint density at radius 1 is 0.757 bits per heavy atom. The minimum Gasteiger partial charge on any atom is -0.326 e. The Kier molecular flexibility index (Phi) is 8.39. The van der Waals surface area contributed by atoms with Crippen molar-refractivity contribution < 1.29 is 18.0 Å². The van der Waals surface area contributed by atoms with Crippen LogP contribution in [0.4, 0.5) is 11.4 Å². The van der Waals surface area contributed by atoms with Gasteiger partial charge in [0.05, 0.1) is 11.3 Å². The van der Waals surface area contributed by atoms with Gasteiger partial charge >= 0.3 is 0 Å². The molecule has 0 fully saturated rings. The van der Waals surface area contributed by atoms with Crippen LogP contribution in [-0.2, 0) is 26.0 Å². The van der Waals surface area contributed by atoms with Crippen LogP contribution in [0.15, 0.2) is 119 Å². The molecule has 7 nitrogen and oxygen atoms in total. The Labute approximate surface area is 220 Å². The summed E-state index contributed by atoms with van der Waals surface area (Å²) in [6, 6.07) is 31.8. The molecular weight excluding hydrogens is 506 g/mol. The molecule has 4 rings (SSSR count). The minimum atomic E-state index is -3.83. The summed E-state index contributed by atoms with van der Waals surface area (Å²) in [4.78, 5) is 26.6. The zero-order valence-corrected chi connectivity index (χ0v) is 21.3. The van der Waals surface area contributed by atoms with Crippen LogP contribution in [0, 0.1) is 0 Å². The third kappa shape index (κ3) is 7.53. The molecule has 37 heavy (non-hydrogen) atoms. The largest absolute Gasteiger partial charge is 0.326 e. The molecule has 0 saturated heterocycles. The molecule has 1 atom stereocenters. The number of benzene rings is 4. The monoisotopic (exact) mass is 531 g/mol. The van der Waals surface area contributed by atoms with E-state index in [1.165, 1.54) is 36.0 Å². The zero-order valence-electron chi connectivity index (χ0n) is 19.7. The Hall–Kier alpha value is -3.92. The molecule has 2 amide bonds. The van der Waals surface area contributed by atoms with Gasteiger partial charge in [0, 0.05) is 16.3 Å². The molecule has 0 aliphatic rings. The fraction of sp³-hybridized carbons (Fsp3) is 0.0714. The first-order valence-electron chi connectivity index (χ1n) is 11.4. The lowest BCUT2D eigenvalue weighted by atomic mass is 10.1. The molecule has 0 heterocycles. The van der Waals surface area contributed by atoms with Gasteiger partial charge in [-0.25, -0.2) is 13.6 Å². The van der Waals surface area contributed by atoms with E-state index < -0.39 is 15.3 Å². The summed E-state index contributed by atoms with van der Waals surface area (Å²) in [5.41, 5.74) is 2.80. The molecule has 4 aromatic rings. The van der Waals surface area contributed by atoms with E-state index in [4.69, 9.17) is 5.14 Å². The maximum atomic E-state index is 13.3. The van der Waals surface area contributed by atoms with Crippen molar-refractivity contribution >= 4 is 45.0 Å². The van der Waals surface area contributed by atoms with Crippen molar-refractivity contribution in [1.29, 1.82) is 0 Å². The van der Waals surface area contributed by atoms with E-state index in [0.29, 0.717) is 11.4 Å². The molecule has 9 heteroatoms. The van der Waals surface area contributed by atoms with Gasteiger partial charge < -0.3 is 10.6 Å². The summed E-state index contributed by atoms with van der Waals surface area (Å²) >= 11 is 1.34. The molecule has 0 bridgehead atoms. The van der Waals surface area contributed by atoms with Crippen LogP contribution in [0.25, 0.3) is 0 Å². The number of carbonyl (C=O) groups is 2. The Balaban J connectivity index is 1.50. The predicted octanol–water partition coefficient (Wildman–Crippen LogP) is 4.99. The number of amides is 2. The lowest BCUT2D eigenvalue weighted by Crippen LogP contribution is -2.19. The van der Waals surface area contributed by atoms with Crippen molar-refractivity contribution in [2.24, 2.45) is 5.14 Å². The number of nitrogens with one attached hydrogen (secondary N) is 2. The second-order valence-corrected chi connectivity index (χ2v) is 10.9. The number of sulfonamides is 1. The lowest BCUT2D eigenvalue weighted by molar-refractivity contribution is -0.116. The zero-order chi connectivity index (χ0) is 26.3. The topological polar surface area (TPSA) is 118 Å². The quantitative estimate of drug-likeness (QED) is 0.263. The lowest BCUT2D eigenvalue weighted by Gasteiger charge is -2.18. The fourth-order valence-corrected chi connectivity index (χ4v) is 5.21. The fourth-order valence-electron chi connectivity index (χ4n) is 3.61. The SMILES string of the molecule is NS(=O)(=O)c1ccc(NC(=O)C(Sc2cccc(NC(=O)Cc3ccccc3)c2)c2ccccc2)cc1. The number of hydrogen-bond donors (Lipinski definition) is 3. The van der Waals surface area contributed by atoms with Crippen LogP contribution in [0.5, 0.6) is 0 Å². The number of anilines is 2. The van der Waals surface area contributed by atoms with Crippen LogP contribution in [-0.4, -0.2) is 20.2 Å². The third-order valence-electron chi connectivity index (χ3n) is 5.37. The van der Waals surface area contributed by atoms with Gasteiger partial charge in [-0.1, -0.05) is 66.7 Å². The summed E-state index contributed by atoms with van der Waals surface area (Å²) in [7, 11) is -3.83. The third-order valence-corrected chi connectivity index (χ3v) is 7.55. The first-order valence-corrected chi connectivity index (χ1v) is 13.8. The predicted molar refractivity (Wildman–Crippen MR) is 147 cm³/mol. The van der Waals surface area contributed by atoms with Crippen LogP contribution in [0.1, 0.15) is 16.4 Å². The molecule has 188 valence electrons. The molecule has 0 spiro atoms. The summed E-state index contributed by atoms with van der Waals surface area (Å²) in [6.45, 7) is 0. The summed E-state index contributed by atoms with van der Waals surface area (Å²) in [5, 5.41) is 10.3. The second-order valence-electron chi connectivity index (χ2n) is 8.21. The Bertz CT molecular complexity index is 1480. The van der Waals surface area contributed by atoms with Gasteiger partial charge in [-0.3, -0.25) is 9.59 Å². The first-order chi connectivity index (χ1) is 17.8. The molecule has 0 radical (unpaired) electrons. The maximum Gasteiger partial charge on any atom is 0.242 e. The van der Waals surface area contributed by atoms with E-state index in [-0.39, 0.29) is 23.1 Å². The smallest absolute Gasteiger partial charge is 0.242 e. The number of carbonyl (C=O) groups excluding carboxylic acids is 2. The average molecular weight is 532 g/mol. The van der Waals surface area contributed by atoms with Crippen LogP contribution < -0.4 is 15.8 Å². The number of primary sulfonamides is 1. The van der Waals surface area contributed by atoms with Gasteiger partial charge in [0.15, 0.2) is 0 Å². The van der Waals surface area contributed by atoms with Gasteiger partial charge in [0.1, 0.15) is 5.25 Å². The van der Waals surface area contributed by atoms with Crippen LogP contribution in [0.2, 0.25) is 0 Å². The van der Waals surface area contributed by atoms with E-state index >= 15 is 0 Å². The molecule has 0 aliphatic heterocycles. The molecular formula is C28H25N3O4S2. The van der Waals surface area contributed by atoms with Gasteiger partial charge in [0.25, 0.3) is 0 Å². The second kappa shape index (κ2) is 11.9. The van der Waals surface area contributed by atoms with Crippen molar-refractivity contribution in [3.8, 4) is 0 Å². The van der Waals surface area contributed by atoms with Gasteiger partial charge in [-0.05, 0) is 53.6 Å². The van der Waals surface area contributed by atoms with E-state index in [9.17, 15) is 18.0 Å². The number of hydrogen-bond acceptors (Lipinski definition) is 5. The van der Waals surface area contributed by atoms with E-state index in [1.54, 1.807) is 6.07 Å². The van der Waals surface area contributed by atoms with Crippen molar-refractivity contribution in [3.63, 3.8) is 0 Å². The Morgan fingerprint density at radius 2 is 1.41 bits per heavy atom. The van der Waals surface area contributed by atoms with Crippen molar-refractivity contribution in [3.05, 3.63) is 120 Å². The standard InChI is InChI=1S/C28H25N3O4S2/c29-37(34,35)25-16-14-22(15-17-25)31-28(33)27(21-10-5-2-6-11-21)36-24-13-7-12-23(19-24)30-26(32)18-20-8-3-1-4-9-20/h1-17,19,27H,18H2,(H,30,32)(H,31,33)(H2,29,34,35). The van der Waals surface area contributed by atoms with Gasteiger partial charge in [-0.15, -0.1) is 11.8 Å². The first kappa shape index (κ1) is 26.2. The molecule has 0 aromatic heterocycles. The Morgan fingerprint density at radius 3 is 2.05 bits per heavy atom. The molecule has 0 saturated carbocycles. The molecule has 0 aliphatic carbocycles. The molecule has 4 N–H and O–H groups in total. The highest BCUT2D eigenvalue weighted by molar-refractivity contribution is 8.00. The maximum absolute atomic E-state index is 13.3. The minimum absolute atomic E-state index is 0.0365. The summed E-state index contributed by atoms with van der Waals surface area (Å²) in [5.74, 6) is -0.410.